The van der Waals surface area contributed by atoms with Crippen LogP contribution in [-0.4, -0.2) is 28.2 Å². The van der Waals surface area contributed by atoms with Crippen molar-refractivity contribution in [2.75, 3.05) is 17.7 Å². The smallest absolute Gasteiger partial charge is 0.411 e. The number of nitro groups is 1. The second-order valence-electron chi connectivity index (χ2n) is 4.25. The second-order valence-corrected chi connectivity index (χ2v) is 4.25. The number of ether oxygens (including phenoxy) is 1. The normalized spacial score (nSPS) is 10.0. The van der Waals surface area contributed by atoms with Gasteiger partial charge in [-0.3, -0.25) is 4.90 Å². The van der Waals surface area contributed by atoms with Gasteiger partial charge in [0.25, 0.3) is 0 Å². The summed E-state index contributed by atoms with van der Waals surface area (Å²) in [5.41, 5.74) is 5.83. The summed E-state index contributed by atoms with van der Waals surface area (Å²) in [7, 11) is 1.17. The van der Waals surface area contributed by atoms with Crippen LogP contribution in [0.25, 0.3) is 0 Å². The number of nitrogens with zero attached hydrogens (tertiary/aromatic N) is 3. The van der Waals surface area contributed by atoms with Gasteiger partial charge in [-0.2, -0.15) is 0 Å². The molecule has 1 aromatic heterocycles. The number of aromatic nitrogens is 1. The molecule has 0 saturated carbocycles. The molecule has 114 valence electrons. The van der Waals surface area contributed by atoms with E-state index in [9.17, 15) is 14.9 Å². The molecule has 0 bridgehead atoms. The number of carboxylic acid groups (broad SMARTS) is 1. The fraction of sp³-hybridized carbons (Fsp3) is 0.0769. The molecular formula is C13H12N4O5. The molecule has 9 heteroatoms. The summed E-state index contributed by atoms with van der Waals surface area (Å²) in [6.45, 7) is 0. The van der Waals surface area contributed by atoms with Crippen molar-refractivity contribution in [2.45, 2.75) is 0 Å². The van der Waals surface area contributed by atoms with Crippen molar-refractivity contribution < 1.29 is 19.6 Å². The Kier molecular flexibility index (Phi) is 4.07. The Morgan fingerprint density at radius 1 is 1.36 bits per heavy atom. The van der Waals surface area contributed by atoms with E-state index in [0.29, 0.717) is 16.3 Å². The molecule has 1 amide bonds. The molecule has 0 aliphatic carbocycles. The molecule has 0 radical (unpaired) electrons. The minimum absolute atomic E-state index is 0.00336. The molecule has 0 spiro atoms. The summed E-state index contributed by atoms with van der Waals surface area (Å²) in [6.07, 6.45) is -0.206. The third-order valence-corrected chi connectivity index (χ3v) is 2.77. The van der Waals surface area contributed by atoms with Crippen LogP contribution >= 0.6 is 0 Å². The fourth-order valence-electron chi connectivity index (χ4n) is 1.72. The van der Waals surface area contributed by atoms with Crippen LogP contribution in [0.3, 0.4) is 0 Å². The number of benzene rings is 1. The van der Waals surface area contributed by atoms with Gasteiger partial charge in [0.2, 0.25) is 0 Å². The molecule has 0 atom stereocenters. The van der Waals surface area contributed by atoms with E-state index in [1.165, 1.54) is 19.3 Å². The van der Waals surface area contributed by atoms with E-state index in [1.807, 2.05) is 0 Å². The van der Waals surface area contributed by atoms with E-state index in [1.54, 1.807) is 24.3 Å². The molecule has 22 heavy (non-hydrogen) atoms. The van der Waals surface area contributed by atoms with Gasteiger partial charge in [-0.1, -0.05) is 0 Å². The number of carbonyl (C=O) groups is 1. The molecule has 0 aliphatic heterocycles. The van der Waals surface area contributed by atoms with Gasteiger partial charge in [0.15, 0.2) is 11.4 Å². The average Bonchev–Trinajstić information content (AvgIpc) is 2.48. The largest absolute Gasteiger partial charge is 0.465 e. The zero-order chi connectivity index (χ0) is 16.3. The van der Waals surface area contributed by atoms with Gasteiger partial charge < -0.3 is 25.7 Å². The summed E-state index contributed by atoms with van der Waals surface area (Å²) >= 11 is 0. The quantitative estimate of drug-likeness (QED) is 0.503. The summed E-state index contributed by atoms with van der Waals surface area (Å²) in [5.74, 6) is -0.260. The predicted octanol–water partition coefficient (Wildman–Crippen LogP) is 2.48. The fourth-order valence-corrected chi connectivity index (χ4v) is 1.72. The Labute approximate surface area is 124 Å². The Morgan fingerprint density at radius 3 is 2.55 bits per heavy atom. The monoisotopic (exact) mass is 304 g/mol. The van der Waals surface area contributed by atoms with Gasteiger partial charge >= 0.3 is 11.9 Å². The van der Waals surface area contributed by atoms with Crippen LogP contribution in [0, 0.1) is 10.1 Å². The summed E-state index contributed by atoms with van der Waals surface area (Å²) in [4.78, 5) is 25.7. The Hall–Kier alpha value is -3.36. The summed E-state index contributed by atoms with van der Waals surface area (Å²) in [5, 5.41) is 20.1. The van der Waals surface area contributed by atoms with Crippen molar-refractivity contribution in [1.29, 1.82) is 0 Å². The van der Waals surface area contributed by atoms with Gasteiger partial charge in [0.1, 0.15) is 11.9 Å². The molecule has 1 heterocycles. The van der Waals surface area contributed by atoms with E-state index in [2.05, 4.69) is 4.98 Å². The van der Waals surface area contributed by atoms with E-state index in [4.69, 9.17) is 15.6 Å². The molecule has 2 rings (SSSR count). The number of amides is 1. The van der Waals surface area contributed by atoms with E-state index >= 15 is 0 Å². The van der Waals surface area contributed by atoms with Crippen LogP contribution in [0.4, 0.5) is 22.0 Å². The maximum Gasteiger partial charge on any atom is 0.411 e. The topological polar surface area (TPSA) is 132 Å². The van der Waals surface area contributed by atoms with Gasteiger partial charge in [0, 0.05) is 18.8 Å². The summed E-state index contributed by atoms with van der Waals surface area (Å²) in [6, 6.07) is 7.65. The molecule has 1 aromatic carbocycles. The third kappa shape index (κ3) is 3.03. The predicted molar refractivity (Wildman–Crippen MR) is 78.2 cm³/mol. The highest BCUT2D eigenvalue weighted by atomic mass is 16.6. The minimum Gasteiger partial charge on any atom is -0.465 e. The highest BCUT2D eigenvalue weighted by molar-refractivity contribution is 5.90. The van der Waals surface area contributed by atoms with E-state index in [0.717, 1.165) is 0 Å². The lowest BCUT2D eigenvalue weighted by atomic mass is 10.3. The maximum absolute atomic E-state index is 11.1. The second kappa shape index (κ2) is 5.95. The van der Waals surface area contributed by atoms with Crippen LogP contribution in [-0.2, 0) is 0 Å². The van der Waals surface area contributed by atoms with Crippen LogP contribution in [0.2, 0.25) is 0 Å². The number of nitrogens with two attached hydrogens (primary N) is 1. The molecule has 0 aliphatic rings. The molecule has 2 aromatic rings. The third-order valence-electron chi connectivity index (χ3n) is 2.77. The maximum atomic E-state index is 11.1. The highest BCUT2D eigenvalue weighted by Gasteiger charge is 2.27. The number of hydrogen-bond donors (Lipinski definition) is 2. The number of rotatable bonds is 4. The molecular weight excluding hydrogens is 292 g/mol. The van der Waals surface area contributed by atoms with Gasteiger partial charge in [-0.15, -0.1) is 0 Å². The lowest BCUT2D eigenvalue weighted by Crippen LogP contribution is -2.25. The first-order valence-electron chi connectivity index (χ1n) is 6.03. The first-order chi connectivity index (χ1) is 10.4. The van der Waals surface area contributed by atoms with Crippen molar-refractivity contribution in [1.82, 2.24) is 4.98 Å². The van der Waals surface area contributed by atoms with Crippen LogP contribution in [0.5, 0.6) is 11.5 Å². The van der Waals surface area contributed by atoms with Gasteiger partial charge in [0.05, 0.1) is 0 Å². The zero-order valence-electron chi connectivity index (χ0n) is 11.5. The molecule has 3 N–H and O–H groups in total. The Bertz CT molecular complexity index is 717. The summed E-state index contributed by atoms with van der Waals surface area (Å²) < 4.78 is 5.52. The van der Waals surface area contributed by atoms with Crippen LogP contribution < -0.4 is 15.4 Å². The van der Waals surface area contributed by atoms with Crippen molar-refractivity contribution >= 4 is 23.3 Å². The number of anilines is 2. The number of hydrogen-bond acceptors (Lipinski definition) is 6. The minimum atomic E-state index is -1.38. The van der Waals surface area contributed by atoms with Crippen molar-refractivity contribution in [3.05, 3.63) is 46.6 Å². The molecule has 0 saturated heterocycles. The lowest BCUT2D eigenvalue weighted by molar-refractivity contribution is -0.388. The first-order valence-corrected chi connectivity index (χ1v) is 6.03. The van der Waals surface area contributed by atoms with Crippen molar-refractivity contribution in [2.24, 2.45) is 0 Å². The van der Waals surface area contributed by atoms with E-state index in [-0.39, 0.29) is 11.4 Å². The standard InChI is InChI=1S/C13H12N4O5/c1-16(13(18)19)11-10(6-7-15-12(11)17(20)21)22-9-4-2-8(14)3-5-9/h2-7H,14H2,1H3,(H,18,19). The SMILES string of the molecule is CN(C(=O)O)c1c(Oc2ccc(N)cc2)ccnc1[N+](=O)[O-]. The van der Waals surface area contributed by atoms with Crippen molar-refractivity contribution in [3.8, 4) is 11.5 Å². The molecule has 9 nitrogen and oxygen atoms in total. The number of pyridine rings is 1. The lowest BCUT2D eigenvalue weighted by Gasteiger charge is -2.16. The van der Waals surface area contributed by atoms with Gasteiger partial charge in [-0.25, -0.2) is 4.79 Å². The van der Waals surface area contributed by atoms with E-state index < -0.39 is 16.8 Å². The van der Waals surface area contributed by atoms with Crippen LogP contribution in [0.15, 0.2) is 36.5 Å². The highest BCUT2D eigenvalue weighted by Crippen LogP contribution is 2.37. The first kappa shape index (κ1) is 15.0. The number of nitrogen functional groups attached to an aromatic ring is 1. The Balaban J connectivity index is 2.50. The average molecular weight is 304 g/mol. The van der Waals surface area contributed by atoms with Crippen molar-refractivity contribution in [3.63, 3.8) is 0 Å². The molecule has 0 fully saturated rings. The van der Waals surface area contributed by atoms with Gasteiger partial charge in [-0.05, 0) is 34.2 Å². The van der Waals surface area contributed by atoms with Crippen LogP contribution in [0.1, 0.15) is 0 Å². The Morgan fingerprint density at radius 2 is 2.00 bits per heavy atom. The molecule has 0 unspecified atom stereocenters. The zero-order valence-corrected chi connectivity index (χ0v) is 11.5.